The lowest BCUT2D eigenvalue weighted by Gasteiger charge is -2.49. The Morgan fingerprint density at radius 1 is 1.37 bits per heavy atom. The molecule has 2 rings (SSSR count). The number of β-amino-alcohol motifs (C(OH)–C–C–N with tert-alkyl or cyclic N) is 1. The molecule has 1 saturated heterocycles. The van der Waals surface area contributed by atoms with Gasteiger partial charge in [-0.3, -0.25) is 4.79 Å². The summed E-state index contributed by atoms with van der Waals surface area (Å²) in [5.74, 6) is -0.232. The second-order valence-corrected chi connectivity index (χ2v) is 5.21. The van der Waals surface area contributed by atoms with Crippen LogP contribution < -0.4 is 0 Å². The van der Waals surface area contributed by atoms with Crippen LogP contribution >= 0.6 is 0 Å². The maximum absolute atomic E-state index is 11.7. The van der Waals surface area contributed by atoms with E-state index >= 15 is 0 Å². The van der Waals surface area contributed by atoms with E-state index in [0.29, 0.717) is 18.5 Å². The van der Waals surface area contributed by atoms with Crippen molar-refractivity contribution in [2.45, 2.75) is 24.5 Å². The molecule has 2 N–H and O–H groups in total. The van der Waals surface area contributed by atoms with Crippen molar-refractivity contribution in [2.75, 3.05) is 13.1 Å². The third kappa shape index (κ3) is 2.29. The summed E-state index contributed by atoms with van der Waals surface area (Å²) in [6.07, 6.45) is 1.55. The molecule has 102 valence electrons. The molecule has 2 atom stereocenters. The number of nitrogens with zero attached hydrogens (tertiary/aromatic N) is 1. The minimum absolute atomic E-state index is 0.0644. The molecule has 0 saturated carbocycles. The average molecular weight is 261 g/mol. The topological polar surface area (TPSA) is 60.8 Å². The monoisotopic (exact) mass is 261 g/mol. The van der Waals surface area contributed by atoms with Gasteiger partial charge in [-0.1, -0.05) is 36.9 Å². The molecule has 1 aliphatic rings. The Morgan fingerprint density at radius 2 is 2.00 bits per heavy atom. The van der Waals surface area contributed by atoms with Gasteiger partial charge >= 0.3 is 0 Å². The molecule has 1 aromatic carbocycles. The van der Waals surface area contributed by atoms with Crippen LogP contribution in [0, 0.1) is 0 Å². The van der Waals surface area contributed by atoms with Gasteiger partial charge in [-0.15, -0.1) is 0 Å². The SMILES string of the molecule is C=CC(=O)N1CC[C@@](C)(O)[C@](O)(c2ccccc2)C1. The van der Waals surface area contributed by atoms with E-state index < -0.39 is 11.2 Å². The zero-order valence-corrected chi connectivity index (χ0v) is 11.0. The molecule has 19 heavy (non-hydrogen) atoms. The molecule has 0 unspecified atom stereocenters. The lowest BCUT2D eigenvalue weighted by atomic mass is 9.74. The standard InChI is InChI=1S/C15H19NO3/c1-3-13(17)16-10-9-14(2,18)15(19,11-16)12-7-5-4-6-8-12/h3-8,18-19H,1,9-11H2,2H3/t14-,15-/m1/s1. The zero-order chi connectivity index (χ0) is 14.1. The molecule has 1 fully saturated rings. The molecule has 0 aromatic heterocycles. The molecule has 0 spiro atoms. The molecule has 1 aromatic rings. The first-order valence-corrected chi connectivity index (χ1v) is 6.32. The number of hydrogen-bond acceptors (Lipinski definition) is 3. The van der Waals surface area contributed by atoms with E-state index in [1.54, 1.807) is 31.2 Å². The van der Waals surface area contributed by atoms with E-state index in [1.807, 2.05) is 6.07 Å². The fraction of sp³-hybridized carbons (Fsp3) is 0.400. The summed E-state index contributed by atoms with van der Waals surface area (Å²) >= 11 is 0. The minimum atomic E-state index is -1.47. The molecule has 1 amide bonds. The first-order chi connectivity index (χ1) is 8.90. The van der Waals surface area contributed by atoms with Crippen LogP contribution in [0.4, 0.5) is 0 Å². The molecule has 0 radical (unpaired) electrons. The summed E-state index contributed by atoms with van der Waals surface area (Å²) in [4.78, 5) is 13.2. The fourth-order valence-corrected chi connectivity index (χ4v) is 2.52. The van der Waals surface area contributed by atoms with Crippen LogP contribution in [0.25, 0.3) is 0 Å². The zero-order valence-electron chi connectivity index (χ0n) is 11.0. The summed E-state index contributed by atoms with van der Waals surface area (Å²) in [5, 5.41) is 21.4. The van der Waals surface area contributed by atoms with Gasteiger partial charge in [-0.05, 0) is 25.0 Å². The molecular formula is C15H19NO3. The maximum Gasteiger partial charge on any atom is 0.246 e. The highest BCUT2D eigenvalue weighted by molar-refractivity contribution is 5.87. The average Bonchev–Trinajstić information content (AvgIpc) is 2.42. The van der Waals surface area contributed by atoms with Crippen molar-refractivity contribution < 1.29 is 15.0 Å². The number of carbonyl (C=O) groups excluding carboxylic acids is 1. The van der Waals surface area contributed by atoms with Gasteiger partial charge in [0.15, 0.2) is 0 Å². The number of likely N-dealkylation sites (tertiary alicyclic amines) is 1. The van der Waals surface area contributed by atoms with Crippen LogP contribution in [0.15, 0.2) is 43.0 Å². The van der Waals surface area contributed by atoms with Gasteiger partial charge in [0.2, 0.25) is 5.91 Å². The number of piperidine rings is 1. The van der Waals surface area contributed by atoms with Crippen molar-refractivity contribution in [2.24, 2.45) is 0 Å². The largest absolute Gasteiger partial charge is 0.387 e. The number of rotatable bonds is 2. The highest BCUT2D eigenvalue weighted by atomic mass is 16.4. The van der Waals surface area contributed by atoms with E-state index in [0.717, 1.165) is 0 Å². The summed E-state index contributed by atoms with van der Waals surface area (Å²) in [6, 6.07) is 8.97. The Kier molecular flexibility index (Phi) is 3.47. The van der Waals surface area contributed by atoms with Crippen LogP contribution in [0.1, 0.15) is 18.9 Å². The number of amides is 1. The van der Waals surface area contributed by atoms with Crippen molar-refractivity contribution in [3.05, 3.63) is 48.6 Å². The highest BCUT2D eigenvalue weighted by Crippen LogP contribution is 2.39. The van der Waals surface area contributed by atoms with Crippen LogP contribution in [0.2, 0.25) is 0 Å². The first-order valence-electron chi connectivity index (χ1n) is 6.32. The van der Waals surface area contributed by atoms with Gasteiger partial charge in [0.1, 0.15) is 5.60 Å². The van der Waals surface area contributed by atoms with E-state index in [1.165, 1.54) is 11.0 Å². The minimum Gasteiger partial charge on any atom is -0.387 e. The fourth-order valence-electron chi connectivity index (χ4n) is 2.52. The maximum atomic E-state index is 11.7. The number of aliphatic hydroxyl groups is 2. The van der Waals surface area contributed by atoms with Crippen molar-refractivity contribution in [3.63, 3.8) is 0 Å². The predicted molar refractivity (Wildman–Crippen MR) is 72.4 cm³/mol. The van der Waals surface area contributed by atoms with E-state index in [9.17, 15) is 15.0 Å². The quantitative estimate of drug-likeness (QED) is 0.782. The second-order valence-electron chi connectivity index (χ2n) is 5.21. The van der Waals surface area contributed by atoms with Crippen LogP contribution in [0.5, 0.6) is 0 Å². The third-order valence-corrected chi connectivity index (χ3v) is 3.92. The lowest BCUT2D eigenvalue weighted by Crippen LogP contribution is -2.62. The summed E-state index contributed by atoms with van der Waals surface area (Å²) in [6.45, 7) is 5.54. The predicted octanol–water partition coefficient (Wildman–Crippen LogP) is 1.04. The van der Waals surface area contributed by atoms with Crippen molar-refractivity contribution in [1.82, 2.24) is 4.90 Å². The molecule has 0 aliphatic carbocycles. The van der Waals surface area contributed by atoms with Gasteiger partial charge in [0.25, 0.3) is 0 Å². The Bertz CT molecular complexity index is 483. The summed E-state index contributed by atoms with van der Waals surface area (Å²) in [5.41, 5.74) is -2.13. The Hall–Kier alpha value is -1.65. The van der Waals surface area contributed by atoms with Crippen LogP contribution in [-0.2, 0) is 10.4 Å². The number of benzene rings is 1. The van der Waals surface area contributed by atoms with Crippen molar-refractivity contribution >= 4 is 5.91 Å². The second kappa shape index (κ2) is 4.79. The van der Waals surface area contributed by atoms with E-state index in [-0.39, 0.29) is 12.5 Å². The molecular weight excluding hydrogens is 242 g/mol. The van der Waals surface area contributed by atoms with Crippen molar-refractivity contribution in [1.29, 1.82) is 0 Å². The Balaban J connectivity index is 2.38. The van der Waals surface area contributed by atoms with Crippen LogP contribution in [-0.4, -0.2) is 39.7 Å². The number of hydrogen-bond donors (Lipinski definition) is 2. The Morgan fingerprint density at radius 3 is 2.58 bits per heavy atom. The molecule has 0 bridgehead atoms. The Labute approximate surface area is 113 Å². The third-order valence-electron chi connectivity index (χ3n) is 3.92. The number of carbonyl (C=O) groups is 1. The molecule has 4 nitrogen and oxygen atoms in total. The summed E-state index contributed by atoms with van der Waals surface area (Å²) < 4.78 is 0. The smallest absolute Gasteiger partial charge is 0.246 e. The lowest BCUT2D eigenvalue weighted by molar-refractivity contribution is -0.189. The van der Waals surface area contributed by atoms with Gasteiger partial charge < -0.3 is 15.1 Å². The highest BCUT2D eigenvalue weighted by Gasteiger charge is 2.51. The van der Waals surface area contributed by atoms with Gasteiger partial charge in [0, 0.05) is 6.54 Å². The normalized spacial score (nSPS) is 31.0. The van der Waals surface area contributed by atoms with Gasteiger partial charge in [-0.25, -0.2) is 0 Å². The van der Waals surface area contributed by atoms with Crippen LogP contribution in [0.3, 0.4) is 0 Å². The first kappa shape index (κ1) is 13.8. The van der Waals surface area contributed by atoms with Crippen molar-refractivity contribution in [3.8, 4) is 0 Å². The van der Waals surface area contributed by atoms with E-state index in [2.05, 4.69) is 6.58 Å². The van der Waals surface area contributed by atoms with E-state index in [4.69, 9.17) is 0 Å². The van der Waals surface area contributed by atoms with Gasteiger partial charge in [-0.2, -0.15) is 0 Å². The molecule has 1 aliphatic heterocycles. The molecule has 4 heteroatoms. The van der Waals surface area contributed by atoms with Gasteiger partial charge in [0.05, 0.1) is 12.1 Å². The summed E-state index contributed by atoms with van der Waals surface area (Å²) in [7, 11) is 0. The molecule has 1 heterocycles.